The first kappa shape index (κ1) is 13.7. The van der Waals surface area contributed by atoms with E-state index in [1.54, 1.807) is 0 Å². The fourth-order valence-electron chi connectivity index (χ4n) is 2.90. The van der Waals surface area contributed by atoms with Gasteiger partial charge in [0.2, 0.25) is 5.91 Å². The van der Waals surface area contributed by atoms with Gasteiger partial charge >= 0.3 is 0 Å². The zero-order valence-corrected chi connectivity index (χ0v) is 11.9. The highest BCUT2D eigenvalue weighted by Crippen LogP contribution is 2.41. The van der Waals surface area contributed by atoms with Crippen molar-refractivity contribution >= 4 is 23.1 Å². The summed E-state index contributed by atoms with van der Waals surface area (Å²) in [5, 5.41) is 3.16. The Bertz CT molecular complexity index is 341. The van der Waals surface area contributed by atoms with E-state index < -0.39 is 5.41 Å². The smallest absolute Gasteiger partial charge is 0.233 e. The van der Waals surface area contributed by atoms with Gasteiger partial charge in [0.25, 0.3) is 0 Å². The average Bonchev–Trinajstić information content (AvgIpc) is 2.27. The summed E-state index contributed by atoms with van der Waals surface area (Å²) in [6, 6.07) is 0.262. The minimum atomic E-state index is -0.538. The zero-order valence-electron chi connectivity index (χ0n) is 11.1. The number of likely N-dealkylation sites (tertiary alicyclic amines) is 1. The van der Waals surface area contributed by atoms with Crippen LogP contribution >= 0.6 is 12.2 Å². The lowest BCUT2D eigenvalue weighted by Gasteiger charge is -2.41. The molecule has 0 aromatic heterocycles. The van der Waals surface area contributed by atoms with Crippen molar-refractivity contribution in [2.24, 2.45) is 11.1 Å². The number of likely N-dealkylation sites (N-methyl/N-ethyl adjacent to an activating group) is 1. The van der Waals surface area contributed by atoms with Crippen LogP contribution in [0.2, 0.25) is 0 Å². The van der Waals surface area contributed by atoms with Crippen LogP contribution < -0.4 is 11.1 Å². The summed E-state index contributed by atoms with van der Waals surface area (Å²) in [7, 11) is 0. The van der Waals surface area contributed by atoms with Crippen LogP contribution in [0.1, 0.15) is 39.0 Å². The van der Waals surface area contributed by atoms with E-state index in [2.05, 4.69) is 17.1 Å². The molecule has 0 spiro atoms. The summed E-state index contributed by atoms with van der Waals surface area (Å²) in [6.07, 6.45) is 4.90. The predicted molar refractivity (Wildman–Crippen MR) is 76.3 cm³/mol. The van der Waals surface area contributed by atoms with Crippen LogP contribution in [0, 0.1) is 5.41 Å². The Morgan fingerprint density at radius 3 is 2.72 bits per heavy atom. The second-order valence-corrected chi connectivity index (χ2v) is 5.95. The fourth-order valence-corrected chi connectivity index (χ4v) is 3.20. The van der Waals surface area contributed by atoms with Crippen molar-refractivity contribution in [2.45, 2.75) is 45.1 Å². The number of nitrogens with one attached hydrogen (secondary N) is 1. The van der Waals surface area contributed by atoms with E-state index in [0.717, 1.165) is 51.7 Å². The quantitative estimate of drug-likeness (QED) is 0.749. The molecule has 1 saturated carbocycles. The maximum Gasteiger partial charge on any atom is 0.233 e. The molecular weight excluding hydrogens is 246 g/mol. The summed E-state index contributed by atoms with van der Waals surface area (Å²) in [5.41, 5.74) is 5.21. The number of carbonyl (C=O) groups is 1. The van der Waals surface area contributed by atoms with Crippen molar-refractivity contribution in [1.82, 2.24) is 10.2 Å². The lowest BCUT2D eigenvalue weighted by Crippen LogP contribution is -2.57. The topological polar surface area (TPSA) is 58.4 Å². The highest BCUT2D eigenvalue weighted by molar-refractivity contribution is 7.80. The molecule has 1 heterocycles. The highest BCUT2D eigenvalue weighted by Gasteiger charge is 2.47. The minimum absolute atomic E-state index is 0.0594. The normalized spacial score (nSPS) is 27.3. The van der Waals surface area contributed by atoms with Gasteiger partial charge < -0.3 is 16.0 Å². The van der Waals surface area contributed by atoms with Gasteiger partial charge in [-0.15, -0.1) is 0 Å². The average molecular weight is 269 g/mol. The second kappa shape index (κ2) is 5.53. The number of nitrogens with zero attached hydrogens (tertiary/aromatic N) is 1. The first-order valence-corrected chi connectivity index (χ1v) is 7.32. The predicted octanol–water partition coefficient (Wildman–Crippen LogP) is 1.04. The molecule has 2 fully saturated rings. The molecule has 1 aliphatic carbocycles. The van der Waals surface area contributed by atoms with Crippen molar-refractivity contribution in [1.29, 1.82) is 0 Å². The Labute approximate surface area is 114 Å². The van der Waals surface area contributed by atoms with Crippen molar-refractivity contribution in [2.75, 3.05) is 19.6 Å². The maximum atomic E-state index is 12.4. The number of thiocarbonyl (C=S) groups is 1. The Morgan fingerprint density at radius 1 is 1.50 bits per heavy atom. The van der Waals surface area contributed by atoms with E-state index in [0.29, 0.717) is 4.99 Å². The Balaban J connectivity index is 1.92. The van der Waals surface area contributed by atoms with Crippen LogP contribution in [0.15, 0.2) is 0 Å². The third kappa shape index (κ3) is 2.52. The summed E-state index contributed by atoms with van der Waals surface area (Å²) in [6.45, 7) is 5.30. The Hall–Kier alpha value is -0.680. The molecule has 18 heavy (non-hydrogen) atoms. The minimum Gasteiger partial charge on any atom is -0.392 e. The molecule has 0 aromatic rings. The van der Waals surface area contributed by atoms with Gasteiger partial charge in [-0.1, -0.05) is 25.6 Å². The van der Waals surface area contributed by atoms with E-state index in [4.69, 9.17) is 18.0 Å². The van der Waals surface area contributed by atoms with Gasteiger partial charge in [0.1, 0.15) is 0 Å². The van der Waals surface area contributed by atoms with Gasteiger partial charge in [0.15, 0.2) is 0 Å². The molecule has 1 amide bonds. The summed E-state index contributed by atoms with van der Waals surface area (Å²) >= 11 is 5.08. The SMILES string of the molecule is CCN1CCCC(NC(=O)C2(C(N)=S)CCC2)C1. The largest absolute Gasteiger partial charge is 0.392 e. The molecule has 1 saturated heterocycles. The van der Waals surface area contributed by atoms with Crippen LogP contribution in [-0.2, 0) is 4.79 Å². The van der Waals surface area contributed by atoms with E-state index in [9.17, 15) is 4.79 Å². The maximum absolute atomic E-state index is 12.4. The molecule has 5 heteroatoms. The summed E-state index contributed by atoms with van der Waals surface area (Å²) in [4.78, 5) is 15.1. The number of rotatable bonds is 4. The standard InChI is InChI=1S/C13H23N3OS/c1-2-16-8-3-5-10(9-16)15-12(17)13(11(14)18)6-4-7-13/h10H,2-9H2,1H3,(H2,14,18)(H,15,17). The Kier molecular flexibility index (Phi) is 4.22. The molecule has 2 aliphatic rings. The molecule has 1 unspecified atom stereocenters. The van der Waals surface area contributed by atoms with Gasteiger partial charge in [0, 0.05) is 12.6 Å². The van der Waals surface area contributed by atoms with Crippen molar-refractivity contribution in [3.05, 3.63) is 0 Å². The zero-order chi connectivity index (χ0) is 13.2. The van der Waals surface area contributed by atoms with Crippen LogP contribution in [0.25, 0.3) is 0 Å². The van der Waals surface area contributed by atoms with Gasteiger partial charge in [0.05, 0.1) is 10.4 Å². The molecule has 2 rings (SSSR count). The second-order valence-electron chi connectivity index (χ2n) is 5.51. The summed E-state index contributed by atoms with van der Waals surface area (Å²) in [5.74, 6) is 0.0594. The molecule has 1 atom stereocenters. The third-order valence-electron chi connectivity index (χ3n) is 4.40. The van der Waals surface area contributed by atoms with Crippen LogP contribution in [-0.4, -0.2) is 41.5 Å². The molecule has 0 aromatic carbocycles. The summed E-state index contributed by atoms with van der Waals surface area (Å²) < 4.78 is 0. The Morgan fingerprint density at radius 2 is 2.22 bits per heavy atom. The van der Waals surface area contributed by atoms with Crippen LogP contribution in [0.5, 0.6) is 0 Å². The van der Waals surface area contributed by atoms with Crippen LogP contribution in [0.4, 0.5) is 0 Å². The molecule has 102 valence electrons. The number of hydrogen-bond acceptors (Lipinski definition) is 3. The highest BCUT2D eigenvalue weighted by atomic mass is 32.1. The lowest BCUT2D eigenvalue weighted by atomic mass is 9.68. The van der Waals surface area contributed by atoms with Crippen molar-refractivity contribution in [3.8, 4) is 0 Å². The lowest BCUT2D eigenvalue weighted by molar-refractivity contribution is -0.132. The molecular formula is C13H23N3OS. The monoisotopic (exact) mass is 269 g/mol. The number of piperidine rings is 1. The number of hydrogen-bond donors (Lipinski definition) is 2. The number of carbonyl (C=O) groups excluding carboxylic acids is 1. The molecule has 3 N–H and O–H groups in total. The van der Waals surface area contributed by atoms with Crippen LogP contribution in [0.3, 0.4) is 0 Å². The first-order valence-electron chi connectivity index (χ1n) is 6.91. The first-order chi connectivity index (χ1) is 8.58. The van der Waals surface area contributed by atoms with E-state index in [-0.39, 0.29) is 11.9 Å². The number of nitrogens with two attached hydrogens (primary N) is 1. The fraction of sp³-hybridized carbons (Fsp3) is 0.846. The van der Waals surface area contributed by atoms with Crippen molar-refractivity contribution in [3.63, 3.8) is 0 Å². The van der Waals surface area contributed by atoms with E-state index in [1.165, 1.54) is 0 Å². The van der Waals surface area contributed by atoms with Gasteiger partial charge in [-0.2, -0.15) is 0 Å². The van der Waals surface area contributed by atoms with E-state index in [1.807, 2.05) is 0 Å². The number of amides is 1. The molecule has 0 bridgehead atoms. The third-order valence-corrected chi connectivity index (χ3v) is 4.79. The van der Waals surface area contributed by atoms with Crippen molar-refractivity contribution < 1.29 is 4.79 Å². The van der Waals surface area contributed by atoms with E-state index >= 15 is 0 Å². The van der Waals surface area contributed by atoms with Gasteiger partial charge in [-0.3, -0.25) is 4.79 Å². The van der Waals surface area contributed by atoms with Gasteiger partial charge in [-0.25, -0.2) is 0 Å². The molecule has 1 aliphatic heterocycles. The molecule has 0 radical (unpaired) electrons. The molecule has 4 nitrogen and oxygen atoms in total. The van der Waals surface area contributed by atoms with Gasteiger partial charge in [-0.05, 0) is 38.8 Å².